The van der Waals surface area contributed by atoms with Crippen molar-refractivity contribution in [3.05, 3.63) is 36.3 Å². The zero-order chi connectivity index (χ0) is 21.4. The number of aromatic nitrogens is 4. The lowest BCUT2D eigenvalue weighted by molar-refractivity contribution is 0.187. The number of hydrogen-bond acceptors (Lipinski definition) is 5. The molecule has 160 valence electrons. The lowest BCUT2D eigenvalue weighted by Gasteiger charge is -2.30. The lowest BCUT2D eigenvalue weighted by atomic mass is 9.97. The van der Waals surface area contributed by atoms with Gasteiger partial charge in [-0.15, -0.1) is 0 Å². The van der Waals surface area contributed by atoms with Crippen molar-refractivity contribution >= 4 is 17.0 Å². The molecule has 1 saturated carbocycles. The van der Waals surface area contributed by atoms with Crippen molar-refractivity contribution in [1.29, 1.82) is 0 Å². The second-order valence-corrected chi connectivity index (χ2v) is 9.28. The Balaban J connectivity index is 1.41. The first kappa shape index (κ1) is 20.0. The van der Waals surface area contributed by atoms with Gasteiger partial charge in [0.05, 0.1) is 5.69 Å². The van der Waals surface area contributed by atoms with Gasteiger partial charge in [-0.3, -0.25) is 4.57 Å². The number of pyridine rings is 2. The van der Waals surface area contributed by atoms with Crippen LogP contribution in [0.3, 0.4) is 0 Å². The van der Waals surface area contributed by atoms with Crippen LogP contribution >= 0.6 is 0 Å². The zero-order valence-electron chi connectivity index (χ0n) is 18.4. The highest BCUT2D eigenvalue weighted by Crippen LogP contribution is 2.38. The lowest BCUT2D eigenvalue weighted by Crippen LogP contribution is -2.35. The molecular weight excluding hydrogens is 384 g/mol. The molecule has 2 fully saturated rings. The molecule has 6 heteroatoms. The van der Waals surface area contributed by atoms with Crippen LogP contribution in [0.5, 0.6) is 0 Å². The molecule has 0 spiro atoms. The summed E-state index contributed by atoms with van der Waals surface area (Å²) in [7, 11) is 0. The topological polar surface area (TPSA) is 72.9 Å². The summed E-state index contributed by atoms with van der Waals surface area (Å²) in [4.78, 5) is 16.4. The molecule has 2 aliphatic rings. The van der Waals surface area contributed by atoms with E-state index >= 15 is 0 Å². The summed E-state index contributed by atoms with van der Waals surface area (Å²) in [6, 6.07) is 8.31. The Morgan fingerprint density at radius 2 is 1.90 bits per heavy atom. The Hall–Kier alpha value is -2.91. The van der Waals surface area contributed by atoms with Crippen LogP contribution in [0, 0.1) is 23.7 Å². The fraction of sp³-hybridized carbons (Fsp3) is 0.480. The van der Waals surface area contributed by atoms with Crippen LogP contribution in [0.25, 0.3) is 22.4 Å². The van der Waals surface area contributed by atoms with E-state index < -0.39 is 0 Å². The summed E-state index contributed by atoms with van der Waals surface area (Å²) in [5.74, 6) is 9.51. The minimum atomic E-state index is 0.458. The Morgan fingerprint density at radius 3 is 2.61 bits per heavy atom. The summed E-state index contributed by atoms with van der Waals surface area (Å²) in [5, 5.41) is 0. The van der Waals surface area contributed by atoms with Crippen LogP contribution < -0.4 is 5.73 Å². The summed E-state index contributed by atoms with van der Waals surface area (Å²) < 4.78 is 2.25. The molecule has 0 unspecified atom stereocenters. The largest absolute Gasteiger partial charge is 0.384 e. The van der Waals surface area contributed by atoms with Crippen molar-refractivity contribution in [2.24, 2.45) is 11.8 Å². The molecule has 0 amide bonds. The maximum atomic E-state index is 5.87. The molecule has 2 N–H and O–H groups in total. The van der Waals surface area contributed by atoms with Crippen molar-refractivity contribution in [2.75, 3.05) is 25.4 Å². The molecule has 0 radical (unpaired) electrons. The highest BCUT2D eigenvalue weighted by Gasteiger charge is 2.29. The molecule has 1 aliphatic heterocycles. The Labute approximate surface area is 183 Å². The second kappa shape index (κ2) is 8.32. The summed E-state index contributed by atoms with van der Waals surface area (Å²) >= 11 is 0. The normalized spacial score (nSPS) is 17.8. The number of hydrogen-bond donors (Lipinski definition) is 1. The third-order valence-corrected chi connectivity index (χ3v) is 6.13. The average Bonchev–Trinajstić information content (AvgIpc) is 3.53. The maximum Gasteiger partial charge on any atom is 0.187 e. The molecule has 6 nitrogen and oxygen atoms in total. The number of anilines is 1. The summed E-state index contributed by atoms with van der Waals surface area (Å²) in [5.41, 5.74) is 9.56. The molecule has 0 aromatic carbocycles. The van der Waals surface area contributed by atoms with Crippen molar-refractivity contribution in [3.63, 3.8) is 0 Å². The standard InChI is InChI=1S/C25H30N6/c1-17(2)16-30-13-10-18(11-14-30)3-8-24-28-22-7-6-21(19-9-12-27-23(26)15-19)29-25(22)31(24)20-4-5-20/h6-7,9,12,15,17-18,20H,4-5,10-11,13-14,16H2,1-2H3,(H2,26,27). The number of piperidine rings is 1. The van der Waals surface area contributed by atoms with Crippen LogP contribution in [0.15, 0.2) is 30.5 Å². The molecule has 5 rings (SSSR count). The molecule has 0 atom stereocenters. The summed E-state index contributed by atoms with van der Waals surface area (Å²) in [6.07, 6.45) is 6.35. The SMILES string of the molecule is CC(C)CN1CCC(C#Cc2nc3ccc(-c4ccnc(N)c4)nc3n2C2CC2)CC1. The van der Waals surface area contributed by atoms with Gasteiger partial charge in [-0.1, -0.05) is 19.8 Å². The van der Waals surface area contributed by atoms with Gasteiger partial charge in [0.2, 0.25) is 0 Å². The fourth-order valence-electron chi connectivity index (χ4n) is 4.45. The van der Waals surface area contributed by atoms with Gasteiger partial charge in [0.15, 0.2) is 11.5 Å². The zero-order valence-corrected chi connectivity index (χ0v) is 18.4. The third kappa shape index (κ3) is 4.42. The van der Waals surface area contributed by atoms with Gasteiger partial charge in [-0.2, -0.15) is 0 Å². The Morgan fingerprint density at radius 1 is 1.10 bits per heavy atom. The minimum absolute atomic E-state index is 0.458. The predicted molar refractivity (Wildman–Crippen MR) is 124 cm³/mol. The van der Waals surface area contributed by atoms with Crippen LogP contribution in [0.1, 0.15) is 51.4 Å². The van der Waals surface area contributed by atoms with Crippen LogP contribution in [0.4, 0.5) is 5.82 Å². The van der Waals surface area contributed by atoms with Crippen LogP contribution in [-0.2, 0) is 0 Å². The van der Waals surface area contributed by atoms with Crippen molar-refractivity contribution in [1.82, 2.24) is 24.4 Å². The summed E-state index contributed by atoms with van der Waals surface area (Å²) in [6.45, 7) is 8.07. The number of imidazole rings is 1. The van der Waals surface area contributed by atoms with E-state index in [1.165, 1.54) is 19.4 Å². The first-order valence-electron chi connectivity index (χ1n) is 11.4. The Kier molecular flexibility index (Phi) is 5.37. The second-order valence-electron chi connectivity index (χ2n) is 9.28. The van der Waals surface area contributed by atoms with Gasteiger partial charge in [0.1, 0.15) is 11.3 Å². The van der Waals surface area contributed by atoms with E-state index in [9.17, 15) is 0 Å². The van der Waals surface area contributed by atoms with E-state index in [0.29, 0.717) is 17.8 Å². The Bertz CT molecular complexity index is 1140. The molecule has 0 bridgehead atoms. The van der Waals surface area contributed by atoms with Crippen molar-refractivity contribution in [3.8, 4) is 23.1 Å². The van der Waals surface area contributed by atoms with Gasteiger partial charge in [0.25, 0.3) is 0 Å². The predicted octanol–water partition coefficient (Wildman–Crippen LogP) is 4.13. The molecule has 3 aromatic heterocycles. The molecule has 3 aromatic rings. The van der Waals surface area contributed by atoms with Crippen LogP contribution in [0.2, 0.25) is 0 Å². The first-order chi connectivity index (χ1) is 15.1. The molecule has 1 saturated heterocycles. The fourth-order valence-corrected chi connectivity index (χ4v) is 4.45. The third-order valence-electron chi connectivity index (χ3n) is 6.13. The van der Waals surface area contributed by atoms with Gasteiger partial charge < -0.3 is 10.6 Å². The van der Waals surface area contributed by atoms with E-state index in [4.69, 9.17) is 15.7 Å². The maximum absolute atomic E-state index is 5.87. The molecule has 4 heterocycles. The van der Waals surface area contributed by atoms with Crippen LogP contribution in [-0.4, -0.2) is 44.1 Å². The van der Waals surface area contributed by atoms with Gasteiger partial charge >= 0.3 is 0 Å². The smallest absolute Gasteiger partial charge is 0.187 e. The highest BCUT2D eigenvalue weighted by molar-refractivity contribution is 5.77. The van der Waals surface area contributed by atoms with E-state index in [1.54, 1.807) is 6.20 Å². The number of likely N-dealkylation sites (tertiary alicyclic amines) is 1. The molecular formula is C25H30N6. The van der Waals surface area contributed by atoms with Gasteiger partial charge in [0, 0.05) is 30.3 Å². The first-order valence-corrected chi connectivity index (χ1v) is 11.4. The van der Waals surface area contributed by atoms with E-state index in [1.807, 2.05) is 24.3 Å². The van der Waals surface area contributed by atoms with E-state index in [2.05, 4.69) is 40.1 Å². The monoisotopic (exact) mass is 414 g/mol. The number of nitrogens with zero attached hydrogens (tertiary/aromatic N) is 5. The van der Waals surface area contributed by atoms with Gasteiger partial charge in [-0.25, -0.2) is 15.0 Å². The quantitative estimate of drug-likeness (QED) is 0.650. The number of fused-ring (bicyclic) bond motifs is 1. The number of nitrogen functional groups attached to an aromatic ring is 1. The average molecular weight is 415 g/mol. The van der Waals surface area contributed by atoms with E-state index in [-0.39, 0.29) is 0 Å². The molecule has 1 aliphatic carbocycles. The highest BCUT2D eigenvalue weighted by atomic mass is 15.2. The number of nitrogens with two attached hydrogens (primary N) is 1. The minimum Gasteiger partial charge on any atom is -0.384 e. The van der Waals surface area contributed by atoms with Crippen molar-refractivity contribution < 1.29 is 0 Å². The van der Waals surface area contributed by atoms with Gasteiger partial charge in [-0.05, 0) is 74.9 Å². The number of rotatable bonds is 4. The van der Waals surface area contributed by atoms with Crippen molar-refractivity contribution in [2.45, 2.75) is 45.6 Å². The molecule has 31 heavy (non-hydrogen) atoms. The van der Waals surface area contributed by atoms with E-state index in [0.717, 1.165) is 60.1 Å².